The molecule has 148 valence electrons. The van der Waals surface area contributed by atoms with Crippen LogP contribution >= 0.6 is 0 Å². The summed E-state index contributed by atoms with van der Waals surface area (Å²) in [5.74, 6) is 0.864. The highest BCUT2D eigenvalue weighted by atomic mass is 16.7. The summed E-state index contributed by atoms with van der Waals surface area (Å²) >= 11 is 0. The first-order valence-electron chi connectivity index (χ1n) is 9.44. The van der Waals surface area contributed by atoms with Crippen molar-refractivity contribution >= 4 is 22.8 Å². The molecule has 1 N–H and O–H groups in total. The first-order valence-corrected chi connectivity index (χ1v) is 9.44. The maximum atomic E-state index is 13.3. The van der Waals surface area contributed by atoms with E-state index in [9.17, 15) is 9.59 Å². The Morgan fingerprint density at radius 3 is 2.53 bits per heavy atom. The first kappa shape index (κ1) is 18.0. The largest absolute Gasteiger partial charge is 0.454 e. The van der Waals surface area contributed by atoms with Gasteiger partial charge in [0, 0.05) is 5.56 Å². The van der Waals surface area contributed by atoms with Crippen LogP contribution in [0, 0.1) is 6.92 Å². The summed E-state index contributed by atoms with van der Waals surface area (Å²) in [5.41, 5.74) is 2.49. The van der Waals surface area contributed by atoms with Gasteiger partial charge in [0.05, 0.1) is 10.9 Å². The van der Waals surface area contributed by atoms with Crippen LogP contribution < -0.4 is 20.2 Å². The van der Waals surface area contributed by atoms with E-state index < -0.39 is 0 Å². The molecule has 4 aromatic rings. The van der Waals surface area contributed by atoms with Crippen molar-refractivity contribution in [3.8, 4) is 22.6 Å². The van der Waals surface area contributed by atoms with Crippen molar-refractivity contribution in [2.75, 3.05) is 12.1 Å². The van der Waals surface area contributed by atoms with Gasteiger partial charge < -0.3 is 13.9 Å². The van der Waals surface area contributed by atoms with Gasteiger partial charge in [-0.2, -0.15) is 0 Å². The third kappa shape index (κ3) is 3.08. The summed E-state index contributed by atoms with van der Waals surface area (Å²) < 4.78 is 16.8. The van der Waals surface area contributed by atoms with Gasteiger partial charge in [-0.3, -0.25) is 14.9 Å². The Morgan fingerprint density at radius 1 is 0.933 bits per heavy atom. The number of fused-ring (bicyclic) bond motifs is 2. The minimum atomic E-state index is -0.365. The average Bonchev–Trinajstić information content (AvgIpc) is 3.22. The number of aryl methyl sites for hydroxylation is 1. The van der Waals surface area contributed by atoms with Crippen molar-refractivity contribution in [2.24, 2.45) is 0 Å². The minimum absolute atomic E-state index is 0.0862. The number of carbonyl (C=O) groups is 1. The molecule has 0 aliphatic carbocycles. The Labute approximate surface area is 171 Å². The molecular weight excluding hydrogens is 382 g/mol. The fraction of sp³-hybridized carbons (Fsp3) is 0.0833. The summed E-state index contributed by atoms with van der Waals surface area (Å²) in [6.07, 6.45) is 0. The van der Waals surface area contributed by atoms with Crippen molar-refractivity contribution in [1.29, 1.82) is 0 Å². The van der Waals surface area contributed by atoms with Gasteiger partial charge in [-0.15, -0.1) is 0 Å². The van der Waals surface area contributed by atoms with Crippen molar-refractivity contribution in [1.82, 2.24) is 0 Å². The smallest absolute Gasteiger partial charge is 0.257 e. The number of amides is 1. The number of ether oxygens (including phenoxy) is 2. The molecule has 0 bridgehead atoms. The minimum Gasteiger partial charge on any atom is -0.454 e. The highest BCUT2D eigenvalue weighted by Crippen LogP contribution is 2.37. The molecule has 6 nitrogen and oxygen atoms in total. The van der Waals surface area contributed by atoms with E-state index in [4.69, 9.17) is 13.9 Å². The Morgan fingerprint density at radius 2 is 1.70 bits per heavy atom. The summed E-state index contributed by atoms with van der Waals surface area (Å²) in [5, 5.41) is 3.20. The number of anilines is 1. The highest BCUT2D eigenvalue weighted by Gasteiger charge is 2.21. The number of carbonyl (C=O) groups excluding carboxylic acids is 1. The van der Waals surface area contributed by atoms with Crippen LogP contribution in [0.4, 0.5) is 5.88 Å². The lowest BCUT2D eigenvalue weighted by atomic mass is 10.0. The molecule has 1 aliphatic rings. The maximum Gasteiger partial charge on any atom is 0.257 e. The maximum absolute atomic E-state index is 13.3. The normalized spacial score (nSPS) is 12.2. The average molecular weight is 399 g/mol. The van der Waals surface area contributed by atoms with E-state index in [1.807, 2.05) is 19.1 Å². The SMILES string of the molecule is Cc1ccc(C(=O)Nc2oc3ccccc3c(=O)c2-c2ccc3c(c2)OCO3)cc1. The Bertz CT molecular complexity index is 1340. The molecule has 1 aromatic heterocycles. The van der Waals surface area contributed by atoms with Gasteiger partial charge in [-0.05, 0) is 48.9 Å². The van der Waals surface area contributed by atoms with Gasteiger partial charge in [0.1, 0.15) is 5.58 Å². The predicted octanol–water partition coefficient (Wildman–Crippen LogP) is 4.75. The standard InChI is InChI=1S/C24H17NO5/c1-14-6-8-15(9-7-14)23(27)25-24-21(16-10-11-19-20(12-16)29-13-28-19)22(26)17-4-2-3-5-18(17)30-24/h2-12H,13H2,1H3,(H,25,27). The molecule has 0 saturated carbocycles. The quantitative estimate of drug-likeness (QED) is 0.538. The van der Waals surface area contributed by atoms with Crippen LogP contribution in [0.5, 0.6) is 11.5 Å². The molecule has 0 radical (unpaired) electrons. The molecule has 0 fully saturated rings. The van der Waals surface area contributed by atoms with Crippen LogP contribution in [0.3, 0.4) is 0 Å². The molecule has 0 unspecified atom stereocenters. The zero-order valence-electron chi connectivity index (χ0n) is 16.1. The lowest BCUT2D eigenvalue weighted by Crippen LogP contribution is -2.16. The summed E-state index contributed by atoms with van der Waals surface area (Å²) in [7, 11) is 0. The van der Waals surface area contributed by atoms with Gasteiger partial charge in [0.15, 0.2) is 11.5 Å². The monoisotopic (exact) mass is 399 g/mol. The fourth-order valence-electron chi connectivity index (χ4n) is 3.42. The zero-order chi connectivity index (χ0) is 20.7. The fourth-order valence-corrected chi connectivity index (χ4v) is 3.42. The molecule has 1 aliphatic heterocycles. The molecule has 0 atom stereocenters. The molecule has 5 rings (SSSR count). The van der Waals surface area contributed by atoms with Gasteiger partial charge in [0.25, 0.3) is 5.91 Å². The topological polar surface area (TPSA) is 77.8 Å². The van der Waals surface area contributed by atoms with Crippen molar-refractivity contribution < 1.29 is 18.7 Å². The van der Waals surface area contributed by atoms with Crippen LogP contribution in [0.15, 0.2) is 75.9 Å². The number of hydrogen-bond acceptors (Lipinski definition) is 5. The van der Waals surface area contributed by atoms with E-state index in [-0.39, 0.29) is 29.6 Å². The van der Waals surface area contributed by atoms with Crippen LogP contribution in [0.2, 0.25) is 0 Å². The van der Waals surface area contributed by atoms with Crippen molar-refractivity contribution in [3.63, 3.8) is 0 Å². The van der Waals surface area contributed by atoms with Gasteiger partial charge in [-0.25, -0.2) is 0 Å². The van der Waals surface area contributed by atoms with E-state index >= 15 is 0 Å². The van der Waals surface area contributed by atoms with Crippen molar-refractivity contribution in [3.05, 3.63) is 88.1 Å². The van der Waals surface area contributed by atoms with Gasteiger partial charge in [0.2, 0.25) is 18.1 Å². The lowest BCUT2D eigenvalue weighted by molar-refractivity contribution is 0.102. The van der Waals surface area contributed by atoms with E-state index in [0.29, 0.717) is 33.6 Å². The Kier molecular flexibility index (Phi) is 4.25. The van der Waals surface area contributed by atoms with E-state index in [1.54, 1.807) is 54.6 Å². The second-order valence-corrected chi connectivity index (χ2v) is 7.02. The Hall–Kier alpha value is -4.06. The summed E-state index contributed by atoms with van der Waals surface area (Å²) in [6, 6.07) is 19.3. The van der Waals surface area contributed by atoms with E-state index in [2.05, 4.69) is 5.32 Å². The molecule has 1 amide bonds. The van der Waals surface area contributed by atoms with Crippen LogP contribution in [0.1, 0.15) is 15.9 Å². The molecule has 30 heavy (non-hydrogen) atoms. The molecule has 6 heteroatoms. The predicted molar refractivity (Wildman–Crippen MR) is 113 cm³/mol. The highest BCUT2D eigenvalue weighted by molar-refractivity contribution is 6.06. The summed E-state index contributed by atoms with van der Waals surface area (Å²) in [6.45, 7) is 2.07. The number of para-hydroxylation sites is 1. The van der Waals surface area contributed by atoms with E-state index in [1.165, 1.54) is 0 Å². The van der Waals surface area contributed by atoms with Gasteiger partial charge >= 0.3 is 0 Å². The van der Waals surface area contributed by atoms with Crippen LogP contribution in [-0.2, 0) is 0 Å². The molecule has 0 spiro atoms. The van der Waals surface area contributed by atoms with E-state index in [0.717, 1.165) is 5.56 Å². The lowest BCUT2D eigenvalue weighted by Gasteiger charge is -2.12. The number of benzene rings is 3. The third-order valence-corrected chi connectivity index (χ3v) is 5.00. The second-order valence-electron chi connectivity index (χ2n) is 7.02. The zero-order valence-corrected chi connectivity index (χ0v) is 16.1. The van der Waals surface area contributed by atoms with Crippen LogP contribution in [-0.4, -0.2) is 12.7 Å². The number of hydrogen-bond donors (Lipinski definition) is 1. The second kappa shape index (κ2) is 7.08. The molecular formula is C24H17NO5. The Balaban J connectivity index is 1.66. The molecule has 0 saturated heterocycles. The number of rotatable bonds is 3. The molecule has 3 aromatic carbocycles. The third-order valence-electron chi connectivity index (χ3n) is 5.00. The van der Waals surface area contributed by atoms with Crippen LogP contribution in [0.25, 0.3) is 22.1 Å². The van der Waals surface area contributed by atoms with Gasteiger partial charge in [-0.1, -0.05) is 35.9 Å². The summed E-state index contributed by atoms with van der Waals surface area (Å²) in [4.78, 5) is 26.2. The van der Waals surface area contributed by atoms with Crippen molar-refractivity contribution in [2.45, 2.75) is 6.92 Å². The molecule has 2 heterocycles. The first-order chi connectivity index (χ1) is 14.6. The number of nitrogens with one attached hydrogen (secondary N) is 1.